The molecule has 0 unspecified atom stereocenters. The molecule has 2 atom stereocenters. The van der Waals surface area contributed by atoms with Crippen LogP contribution in [-0.2, 0) is 6.42 Å². The number of hydrogen-bond acceptors (Lipinski definition) is 0. The van der Waals surface area contributed by atoms with Gasteiger partial charge in [-0.15, -0.1) is 0 Å². The van der Waals surface area contributed by atoms with Crippen molar-refractivity contribution in [3.05, 3.63) is 82.9 Å². The molecular formula is C24H24F2. The van der Waals surface area contributed by atoms with Gasteiger partial charge in [-0.2, -0.15) is 0 Å². The fourth-order valence-electron chi connectivity index (χ4n) is 4.61. The van der Waals surface area contributed by atoms with Crippen molar-refractivity contribution in [3.8, 4) is 0 Å². The Morgan fingerprint density at radius 2 is 1.81 bits per heavy atom. The quantitative estimate of drug-likeness (QED) is 0.475. The minimum absolute atomic E-state index is 0.144. The molecule has 0 heterocycles. The Morgan fingerprint density at radius 3 is 2.62 bits per heavy atom. The molecule has 0 radical (unpaired) electrons. The first-order valence-corrected chi connectivity index (χ1v) is 9.64. The molecule has 26 heavy (non-hydrogen) atoms. The summed E-state index contributed by atoms with van der Waals surface area (Å²) in [6, 6.07) is 17.3. The van der Waals surface area contributed by atoms with Gasteiger partial charge in [-0.25, -0.2) is 8.78 Å². The lowest BCUT2D eigenvalue weighted by Crippen LogP contribution is -2.22. The smallest absolute Gasteiger partial charge is 0.159 e. The molecule has 0 saturated carbocycles. The Morgan fingerprint density at radius 1 is 0.962 bits per heavy atom. The third-order valence-corrected chi connectivity index (χ3v) is 5.88. The molecule has 2 heteroatoms. The summed E-state index contributed by atoms with van der Waals surface area (Å²) in [6.07, 6.45) is 5.63. The second-order valence-electron chi connectivity index (χ2n) is 7.45. The van der Waals surface area contributed by atoms with E-state index in [0.717, 1.165) is 31.2 Å². The minimum atomic E-state index is -0.770. The fraction of sp³-hybridized carbons (Fsp3) is 0.333. The first-order chi connectivity index (χ1) is 12.7. The van der Waals surface area contributed by atoms with E-state index in [4.69, 9.17) is 0 Å². The van der Waals surface area contributed by atoms with Gasteiger partial charge in [0, 0.05) is 5.92 Å². The zero-order valence-corrected chi connectivity index (χ0v) is 15.1. The van der Waals surface area contributed by atoms with Gasteiger partial charge in [0.1, 0.15) is 0 Å². The normalized spacial score (nSPS) is 19.5. The van der Waals surface area contributed by atoms with E-state index in [0.29, 0.717) is 5.92 Å². The van der Waals surface area contributed by atoms with Gasteiger partial charge in [0.05, 0.1) is 0 Å². The lowest BCUT2D eigenvalue weighted by Gasteiger charge is -2.35. The molecule has 4 rings (SSSR count). The van der Waals surface area contributed by atoms with E-state index in [1.54, 1.807) is 6.07 Å². The van der Waals surface area contributed by atoms with Crippen molar-refractivity contribution < 1.29 is 8.78 Å². The average Bonchev–Trinajstić information content (AvgIpc) is 2.67. The van der Waals surface area contributed by atoms with Crippen LogP contribution < -0.4 is 0 Å². The van der Waals surface area contributed by atoms with Gasteiger partial charge >= 0.3 is 0 Å². The molecule has 1 aliphatic carbocycles. The van der Waals surface area contributed by atoms with Crippen molar-refractivity contribution in [1.82, 2.24) is 0 Å². The van der Waals surface area contributed by atoms with Crippen molar-refractivity contribution in [3.63, 3.8) is 0 Å². The maximum atomic E-state index is 14.0. The van der Waals surface area contributed by atoms with Gasteiger partial charge in [0.2, 0.25) is 0 Å². The molecular weight excluding hydrogens is 326 g/mol. The standard InChI is InChI=1S/C24H24F2/c1-2-3-6-17-10-12-20-19-8-5-4-7-16(19)9-13-21(20)24(17)18-11-14-22(25)23(26)15-18/h4-5,7-9,11,13-15,17,24H,2-3,6,10,12H2,1H3/t17-,24-/m1/s1. The molecule has 0 bridgehead atoms. The van der Waals surface area contributed by atoms with Gasteiger partial charge in [0.25, 0.3) is 0 Å². The predicted molar refractivity (Wildman–Crippen MR) is 103 cm³/mol. The summed E-state index contributed by atoms with van der Waals surface area (Å²) in [5.41, 5.74) is 3.58. The topological polar surface area (TPSA) is 0 Å². The third kappa shape index (κ3) is 3.02. The largest absolute Gasteiger partial charge is 0.204 e. The van der Waals surface area contributed by atoms with Crippen LogP contribution in [0.3, 0.4) is 0 Å². The fourth-order valence-corrected chi connectivity index (χ4v) is 4.61. The SMILES string of the molecule is CCCC[C@@H]1CCc2c(ccc3ccccc23)[C@H]1c1ccc(F)c(F)c1. The molecule has 1 aliphatic rings. The minimum Gasteiger partial charge on any atom is -0.204 e. The summed E-state index contributed by atoms with van der Waals surface area (Å²) in [4.78, 5) is 0. The van der Waals surface area contributed by atoms with Crippen LogP contribution in [0.4, 0.5) is 8.78 Å². The summed E-state index contributed by atoms with van der Waals surface area (Å²) in [7, 11) is 0. The molecule has 0 N–H and O–H groups in total. The maximum Gasteiger partial charge on any atom is 0.159 e. The molecule has 3 aromatic rings. The van der Waals surface area contributed by atoms with Crippen LogP contribution >= 0.6 is 0 Å². The zero-order chi connectivity index (χ0) is 18.1. The van der Waals surface area contributed by atoms with E-state index in [1.165, 1.54) is 40.5 Å². The van der Waals surface area contributed by atoms with Crippen LogP contribution in [0.1, 0.15) is 55.2 Å². The Kier molecular flexibility index (Phi) is 4.76. The van der Waals surface area contributed by atoms with E-state index in [2.05, 4.69) is 43.3 Å². The van der Waals surface area contributed by atoms with Gasteiger partial charge in [-0.05, 0) is 64.8 Å². The number of benzene rings is 3. The molecule has 0 amide bonds. The van der Waals surface area contributed by atoms with Crippen LogP contribution in [0, 0.1) is 17.6 Å². The monoisotopic (exact) mass is 350 g/mol. The summed E-state index contributed by atoms with van der Waals surface area (Å²) >= 11 is 0. The Labute approximate surface area is 153 Å². The highest BCUT2D eigenvalue weighted by atomic mass is 19.2. The molecule has 0 fully saturated rings. The van der Waals surface area contributed by atoms with Crippen LogP contribution in [0.25, 0.3) is 10.8 Å². The average molecular weight is 350 g/mol. The highest BCUT2D eigenvalue weighted by molar-refractivity contribution is 5.87. The van der Waals surface area contributed by atoms with E-state index in [9.17, 15) is 8.78 Å². The highest BCUT2D eigenvalue weighted by Gasteiger charge is 2.31. The number of unbranched alkanes of at least 4 members (excludes halogenated alkanes) is 1. The van der Waals surface area contributed by atoms with Crippen LogP contribution in [0.2, 0.25) is 0 Å². The van der Waals surface area contributed by atoms with Gasteiger partial charge in [-0.1, -0.05) is 62.2 Å². The van der Waals surface area contributed by atoms with E-state index in [1.807, 2.05) is 0 Å². The first-order valence-electron chi connectivity index (χ1n) is 9.64. The van der Waals surface area contributed by atoms with Crippen molar-refractivity contribution in [1.29, 1.82) is 0 Å². The van der Waals surface area contributed by atoms with Gasteiger partial charge in [0.15, 0.2) is 11.6 Å². The Hall–Kier alpha value is -2.22. The van der Waals surface area contributed by atoms with Crippen molar-refractivity contribution in [2.45, 2.75) is 44.9 Å². The van der Waals surface area contributed by atoms with Crippen LogP contribution in [0.5, 0.6) is 0 Å². The van der Waals surface area contributed by atoms with E-state index in [-0.39, 0.29) is 5.92 Å². The number of halogens is 2. The third-order valence-electron chi connectivity index (χ3n) is 5.88. The Balaban J connectivity index is 1.86. The summed E-state index contributed by atoms with van der Waals surface area (Å²) < 4.78 is 27.5. The van der Waals surface area contributed by atoms with Gasteiger partial charge in [-0.3, -0.25) is 0 Å². The highest BCUT2D eigenvalue weighted by Crippen LogP contribution is 2.45. The number of aryl methyl sites for hydroxylation is 1. The zero-order valence-electron chi connectivity index (χ0n) is 15.1. The number of rotatable bonds is 4. The summed E-state index contributed by atoms with van der Waals surface area (Å²) in [6.45, 7) is 2.21. The lowest BCUT2D eigenvalue weighted by atomic mass is 9.69. The van der Waals surface area contributed by atoms with E-state index < -0.39 is 11.6 Å². The number of fused-ring (bicyclic) bond motifs is 3. The molecule has 0 saturated heterocycles. The maximum absolute atomic E-state index is 14.0. The second kappa shape index (κ2) is 7.19. The molecule has 0 aromatic heterocycles. The molecule has 134 valence electrons. The van der Waals surface area contributed by atoms with Crippen molar-refractivity contribution >= 4 is 10.8 Å². The molecule has 0 nitrogen and oxygen atoms in total. The van der Waals surface area contributed by atoms with Crippen LogP contribution in [-0.4, -0.2) is 0 Å². The van der Waals surface area contributed by atoms with Gasteiger partial charge < -0.3 is 0 Å². The summed E-state index contributed by atoms with van der Waals surface area (Å²) in [5, 5.41) is 2.55. The Bertz CT molecular complexity index is 929. The summed E-state index contributed by atoms with van der Waals surface area (Å²) in [5.74, 6) is -0.892. The van der Waals surface area contributed by atoms with E-state index >= 15 is 0 Å². The lowest BCUT2D eigenvalue weighted by molar-refractivity contribution is 0.371. The number of hydrogen-bond donors (Lipinski definition) is 0. The molecule has 3 aromatic carbocycles. The molecule has 0 spiro atoms. The van der Waals surface area contributed by atoms with Crippen molar-refractivity contribution in [2.24, 2.45) is 5.92 Å². The molecule has 0 aliphatic heterocycles. The van der Waals surface area contributed by atoms with Crippen molar-refractivity contribution in [2.75, 3.05) is 0 Å². The first kappa shape index (κ1) is 17.2. The predicted octanol–water partition coefficient (Wildman–Crippen LogP) is 7.00. The second-order valence-corrected chi connectivity index (χ2v) is 7.45. The van der Waals surface area contributed by atoms with Crippen LogP contribution in [0.15, 0.2) is 54.6 Å².